The molecule has 1 heteroatoms. The summed E-state index contributed by atoms with van der Waals surface area (Å²) in [4.78, 5) is 0. The van der Waals surface area contributed by atoms with E-state index in [2.05, 4.69) is 45.0 Å². The van der Waals surface area contributed by atoms with E-state index in [0.717, 1.165) is 17.9 Å². The Labute approximate surface area is 103 Å². The number of hydrogen-bond acceptors (Lipinski definition) is 1. The summed E-state index contributed by atoms with van der Waals surface area (Å²) in [7, 11) is 0. The second-order valence-electron chi connectivity index (χ2n) is 4.38. The maximum atomic E-state index is 5.91. The zero-order chi connectivity index (χ0) is 12.3. The number of ether oxygens (including phenoxy) is 1. The molecule has 17 heavy (non-hydrogen) atoms. The van der Waals surface area contributed by atoms with E-state index in [4.69, 9.17) is 4.74 Å². The first kappa shape index (κ1) is 11.7. The van der Waals surface area contributed by atoms with Gasteiger partial charge in [0.15, 0.2) is 0 Å². The molecule has 0 bridgehead atoms. The minimum atomic E-state index is 0.897. The van der Waals surface area contributed by atoms with E-state index in [1.165, 1.54) is 16.7 Å². The molecule has 0 amide bonds. The van der Waals surface area contributed by atoms with Crippen LogP contribution in [0.2, 0.25) is 0 Å². The van der Waals surface area contributed by atoms with Crippen molar-refractivity contribution in [3.8, 4) is 11.5 Å². The third-order valence-electron chi connectivity index (χ3n) is 2.85. The molecule has 0 saturated carbocycles. The summed E-state index contributed by atoms with van der Waals surface area (Å²) < 4.78 is 5.91. The molecule has 0 heterocycles. The van der Waals surface area contributed by atoms with Gasteiger partial charge in [0.2, 0.25) is 0 Å². The molecule has 0 aromatic heterocycles. The van der Waals surface area contributed by atoms with Crippen molar-refractivity contribution in [3.63, 3.8) is 0 Å². The predicted molar refractivity (Wildman–Crippen MR) is 71.8 cm³/mol. The molecular weight excluding hydrogens is 208 g/mol. The lowest BCUT2D eigenvalue weighted by Gasteiger charge is -2.11. The molecule has 0 aliphatic carbocycles. The quantitative estimate of drug-likeness (QED) is 0.739. The molecule has 2 aromatic rings. The highest BCUT2D eigenvalue weighted by atomic mass is 16.5. The maximum absolute atomic E-state index is 5.91. The van der Waals surface area contributed by atoms with E-state index in [9.17, 15) is 0 Å². The molecule has 2 aromatic carbocycles. The molecular formula is C16H18O. The first-order valence-corrected chi connectivity index (χ1v) is 6.03. The van der Waals surface area contributed by atoms with Crippen LogP contribution >= 0.6 is 0 Å². The van der Waals surface area contributed by atoms with Gasteiger partial charge in [0.25, 0.3) is 0 Å². The van der Waals surface area contributed by atoms with Crippen molar-refractivity contribution in [1.82, 2.24) is 0 Å². The van der Waals surface area contributed by atoms with Gasteiger partial charge in [-0.1, -0.05) is 42.3 Å². The monoisotopic (exact) mass is 226 g/mol. The van der Waals surface area contributed by atoms with Crippen LogP contribution in [0.25, 0.3) is 0 Å². The molecule has 0 aliphatic rings. The third-order valence-corrected chi connectivity index (χ3v) is 2.85. The van der Waals surface area contributed by atoms with E-state index in [1.54, 1.807) is 0 Å². The fourth-order valence-electron chi connectivity index (χ4n) is 1.82. The minimum absolute atomic E-state index is 0.897. The van der Waals surface area contributed by atoms with Gasteiger partial charge >= 0.3 is 0 Å². The first-order valence-electron chi connectivity index (χ1n) is 6.03. The number of hydrogen-bond donors (Lipinski definition) is 0. The molecule has 88 valence electrons. The molecule has 1 nitrogen and oxygen atoms in total. The van der Waals surface area contributed by atoms with Crippen molar-refractivity contribution in [2.45, 2.75) is 27.2 Å². The molecule has 0 saturated heterocycles. The largest absolute Gasteiger partial charge is 0.457 e. The summed E-state index contributed by atoms with van der Waals surface area (Å²) in [5.74, 6) is 1.86. The Morgan fingerprint density at radius 3 is 2.18 bits per heavy atom. The lowest BCUT2D eigenvalue weighted by molar-refractivity contribution is 0.476. The van der Waals surface area contributed by atoms with Crippen LogP contribution in [0, 0.1) is 13.8 Å². The highest BCUT2D eigenvalue weighted by molar-refractivity contribution is 5.40. The van der Waals surface area contributed by atoms with Crippen molar-refractivity contribution in [2.75, 3.05) is 0 Å². The average molecular weight is 226 g/mol. The molecule has 0 aliphatic heterocycles. The van der Waals surface area contributed by atoms with Crippen molar-refractivity contribution < 1.29 is 4.74 Å². The molecule has 2 rings (SSSR count). The molecule has 0 fully saturated rings. The van der Waals surface area contributed by atoms with E-state index >= 15 is 0 Å². The summed E-state index contributed by atoms with van der Waals surface area (Å²) in [5.41, 5.74) is 3.78. The van der Waals surface area contributed by atoms with Crippen LogP contribution in [0.5, 0.6) is 11.5 Å². The smallest absolute Gasteiger partial charge is 0.130 e. The average Bonchev–Trinajstić information content (AvgIpc) is 2.34. The Morgan fingerprint density at radius 1 is 0.882 bits per heavy atom. The fraction of sp³-hybridized carbons (Fsp3) is 0.250. The van der Waals surface area contributed by atoms with E-state index < -0.39 is 0 Å². The van der Waals surface area contributed by atoms with Crippen molar-refractivity contribution in [3.05, 3.63) is 59.2 Å². The number of benzene rings is 2. The van der Waals surface area contributed by atoms with Crippen LogP contribution in [-0.4, -0.2) is 0 Å². The van der Waals surface area contributed by atoms with Crippen LogP contribution in [0.4, 0.5) is 0 Å². The van der Waals surface area contributed by atoms with Gasteiger partial charge < -0.3 is 4.74 Å². The zero-order valence-electron chi connectivity index (χ0n) is 10.7. The van der Waals surface area contributed by atoms with Gasteiger partial charge in [-0.2, -0.15) is 0 Å². The summed E-state index contributed by atoms with van der Waals surface area (Å²) in [6, 6.07) is 14.5. The van der Waals surface area contributed by atoms with Crippen molar-refractivity contribution >= 4 is 0 Å². The summed E-state index contributed by atoms with van der Waals surface area (Å²) in [5, 5.41) is 0. The third kappa shape index (κ3) is 2.88. The standard InChI is InChI=1S/C16H18O/c1-4-14-11-13(3)7-10-16(14)17-15-8-5-12(2)6-9-15/h5-11H,4H2,1-3H3. The van der Waals surface area contributed by atoms with Crippen molar-refractivity contribution in [1.29, 1.82) is 0 Å². The molecule has 0 atom stereocenters. The van der Waals surface area contributed by atoms with Gasteiger partial charge in [-0.15, -0.1) is 0 Å². The van der Waals surface area contributed by atoms with Gasteiger partial charge in [-0.3, -0.25) is 0 Å². The highest BCUT2D eigenvalue weighted by Gasteiger charge is 2.03. The lowest BCUT2D eigenvalue weighted by atomic mass is 10.1. The van der Waals surface area contributed by atoms with Crippen LogP contribution in [-0.2, 0) is 6.42 Å². The van der Waals surface area contributed by atoms with Gasteiger partial charge in [0, 0.05) is 0 Å². The maximum Gasteiger partial charge on any atom is 0.130 e. The second kappa shape index (κ2) is 5.05. The Kier molecular flexibility index (Phi) is 3.48. The topological polar surface area (TPSA) is 9.23 Å². The lowest BCUT2D eigenvalue weighted by Crippen LogP contribution is -1.91. The van der Waals surface area contributed by atoms with Crippen LogP contribution in [0.15, 0.2) is 42.5 Å². The number of aryl methyl sites for hydroxylation is 3. The van der Waals surface area contributed by atoms with Gasteiger partial charge in [0.05, 0.1) is 0 Å². The minimum Gasteiger partial charge on any atom is -0.457 e. The Balaban J connectivity index is 2.26. The van der Waals surface area contributed by atoms with Crippen LogP contribution in [0.3, 0.4) is 0 Å². The molecule has 0 spiro atoms. The summed E-state index contributed by atoms with van der Waals surface area (Å²) >= 11 is 0. The zero-order valence-corrected chi connectivity index (χ0v) is 10.7. The van der Waals surface area contributed by atoms with Gasteiger partial charge in [-0.05, 0) is 44.0 Å². The predicted octanol–water partition coefficient (Wildman–Crippen LogP) is 4.66. The molecule has 0 N–H and O–H groups in total. The normalized spacial score (nSPS) is 10.3. The van der Waals surface area contributed by atoms with E-state index in [1.807, 2.05) is 18.2 Å². The van der Waals surface area contributed by atoms with E-state index in [0.29, 0.717) is 0 Å². The second-order valence-corrected chi connectivity index (χ2v) is 4.38. The SMILES string of the molecule is CCc1cc(C)ccc1Oc1ccc(C)cc1. The summed E-state index contributed by atoms with van der Waals surface area (Å²) in [6.07, 6.45) is 0.989. The Hall–Kier alpha value is -1.76. The van der Waals surface area contributed by atoms with Crippen molar-refractivity contribution in [2.24, 2.45) is 0 Å². The Bertz CT molecular complexity index is 497. The first-order chi connectivity index (χ1) is 8.19. The van der Waals surface area contributed by atoms with Crippen LogP contribution in [0.1, 0.15) is 23.6 Å². The Morgan fingerprint density at radius 2 is 1.53 bits per heavy atom. The van der Waals surface area contributed by atoms with Gasteiger partial charge in [-0.25, -0.2) is 0 Å². The van der Waals surface area contributed by atoms with E-state index in [-0.39, 0.29) is 0 Å². The highest BCUT2D eigenvalue weighted by Crippen LogP contribution is 2.26. The number of rotatable bonds is 3. The van der Waals surface area contributed by atoms with Crippen LogP contribution < -0.4 is 4.74 Å². The fourth-order valence-corrected chi connectivity index (χ4v) is 1.82. The summed E-state index contributed by atoms with van der Waals surface area (Å²) in [6.45, 7) is 6.33. The molecule has 0 unspecified atom stereocenters. The molecule has 0 radical (unpaired) electrons. The van der Waals surface area contributed by atoms with Gasteiger partial charge in [0.1, 0.15) is 11.5 Å².